The second-order valence-corrected chi connectivity index (χ2v) is 7.76. The Labute approximate surface area is 141 Å². The van der Waals surface area contributed by atoms with Gasteiger partial charge in [0.2, 0.25) is 5.91 Å². The van der Waals surface area contributed by atoms with Crippen LogP contribution in [0, 0.1) is 5.92 Å². The molecule has 6 nitrogen and oxygen atoms in total. The van der Waals surface area contributed by atoms with Crippen LogP contribution >= 0.6 is 11.8 Å². The third-order valence-corrected chi connectivity index (χ3v) is 4.89. The topological polar surface area (TPSA) is 73.2 Å². The number of thioether (sulfide) groups is 1. The maximum absolute atomic E-state index is 12.4. The SMILES string of the molecule is COCCCNC(=O)C1CSc2nc(C(C)(C)C)cc(=O)n2C1. The smallest absolute Gasteiger partial charge is 0.254 e. The minimum absolute atomic E-state index is 0.00829. The lowest BCUT2D eigenvalue weighted by Crippen LogP contribution is -2.40. The van der Waals surface area contributed by atoms with Crippen LogP contribution in [0.5, 0.6) is 0 Å². The zero-order chi connectivity index (χ0) is 17.0. The highest BCUT2D eigenvalue weighted by molar-refractivity contribution is 7.99. The molecule has 0 fully saturated rings. The zero-order valence-electron chi connectivity index (χ0n) is 14.2. The maximum atomic E-state index is 12.4. The second kappa shape index (κ2) is 7.49. The molecule has 0 bridgehead atoms. The molecule has 2 rings (SSSR count). The van der Waals surface area contributed by atoms with Gasteiger partial charge in [0.15, 0.2) is 5.16 Å². The summed E-state index contributed by atoms with van der Waals surface area (Å²) in [7, 11) is 1.64. The molecule has 1 aliphatic heterocycles. The third kappa shape index (κ3) is 4.57. The van der Waals surface area contributed by atoms with Gasteiger partial charge in [-0.2, -0.15) is 0 Å². The van der Waals surface area contributed by atoms with E-state index in [0.717, 1.165) is 12.1 Å². The largest absolute Gasteiger partial charge is 0.385 e. The Hall–Kier alpha value is -1.34. The van der Waals surface area contributed by atoms with E-state index in [4.69, 9.17) is 4.74 Å². The summed E-state index contributed by atoms with van der Waals surface area (Å²) in [4.78, 5) is 29.2. The van der Waals surface area contributed by atoms with Gasteiger partial charge in [-0.15, -0.1) is 0 Å². The predicted octanol–water partition coefficient (Wildman–Crippen LogP) is 1.42. The lowest BCUT2D eigenvalue weighted by Gasteiger charge is -2.26. The van der Waals surface area contributed by atoms with Gasteiger partial charge >= 0.3 is 0 Å². The summed E-state index contributed by atoms with van der Waals surface area (Å²) in [6.45, 7) is 7.73. The highest BCUT2D eigenvalue weighted by Gasteiger charge is 2.28. The quantitative estimate of drug-likeness (QED) is 0.649. The fraction of sp³-hybridized carbons (Fsp3) is 0.688. The Morgan fingerprint density at radius 1 is 1.52 bits per heavy atom. The molecular weight excluding hydrogens is 314 g/mol. The summed E-state index contributed by atoms with van der Waals surface area (Å²) in [6.07, 6.45) is 0.787. The number of nitrogens with one attached hydrogen (secondary N) is 1. The van der Waals surface area contributed by atoms with Gasteiger partial charge in [-0.25, -0.2) is 4.98 Å². The van der Waals surface area contributed by atoms with Crippen molar-refractivity contribution < 1.29 is 9.53 Å². The van der Waals surface area contributed by atoms with E-state index in [1.807, 2.05) is 20.8 Å². The van der Waals surface area contributed by atoms with E-state index in [-0.39, 0.29) is 22.8 Å². The molecule has 0 saturated carbocycles. The molecule has 0 saturated heterocycles. The number of nitrogens with zero attached hydrogens (tertiary/aromatic N) is 2. The van der Waals surface area contributed by atoms with Crippen molar-refractivity contribution >= 4 is 17.7 Å². The van der Waals surface area contributed by atoms with Gasteiger partial charge in [0, 0.05) is 44.0 Å². The molecule has 128 valence electrons. The first-order chi connectivity index (χ1) is 10.8. The average molecular weight is 339 g/mol. The van der Waals surface area contributed by atoms with Crippen molar-refractivity contribution in [2.45, 2.75) is 44.3 Å². The van der Waals surface area contributed by atoms with E-state index >= 15 is 0 Å². The molecular formula is C16H25N3O3S. The highest BCUT2D eigenvalue weighted by Crippen LogP contribution is 2.27. The molecule has 23 heavy (non-hydrogen) atoms. The van der Waals surface area contributed by atoms with Gasteiger partial charge in [0.25, 0.3) is 5.56 Å². The zero-order valence-corrected chi connectivity index (χ0v) is 15.0. The van der Waals surface area contributed by atoms with Crippen molar-refractivity contribution in [1.82, 2.24) is 14.9 Å². The summed E-state index contributed by atoms with van der Waals surface area (Å²) < 4.78 is 6.57. The van der Waals surface area contributed by atoms with Crippen molar-refractivity contribution in [2.75, 3.05) is 26.0 Å². The van der Waals surface area contributed by atoms with Crippen LogP contribution in [0.3, 0.4) is 0 Å². The van der Waals surface area contributed by atoms with E-state index in [9.17, 15) is 9.59 Å². The number of aromatic nitrogens is 2. The monoisotopic (exact) mass is 339 g/mol. The van der Waals surface area contributed by atoms with E-state index in [0.29, 0.717) is 30.6 Å². The van der Waals surface area contributed by atoms with Crippen molar-refractivity contribution in [1.29, 1.82) is 0 Å². The number of fused-ring (bicyclic) bond motifs is 1. The van der Waals surface area contributed by atoms with E-state index in [1.165, 1.54) is 11.8 Å². The molecule has 0 radical (unpaired) electrons. The lowest BCUT2D eigenvalue weighted by molar-refractivity contribution is -0.124. The fourth-order valence-corrected chi connectivity index (χ4v) is 3.42. The van der Waals surface area contributed by atoms with Crippen LogP contribution in [0.25, 0.3) is 0 Å². The number of carbonyl (C=O) groups excluding carboxylic acids is 1. The molecule has 1 N–H and O–H groups in total. The number of amides is 1. The predicted molar refractivity (Wildman–Crippen MR) is 90.9 cm³/mol. The molecule has 0 aliphatic carbocycles. The van der Waals surface area contributed by atoms with Crippen LogP contribution in [-0.2, 0) is 21.5 Å². The molecule has 7 heteroatoms. The Bertz CT molecular complexity index is 622. The third-order valence-electron chi connectivity index (χ3n) is 3.75. The Morgan fingerprint density at radius 3 is 2.91 bits per heavy atom. The van der Waals surface area contributed by atoms with Crippen LogP contribution < -0.4 is 10.9 Å². The molecule has 1 aliphatic rings. The van der Waals surface area contributed by atoms with Crippen LogP contribution in [0.2, 0.25) is 0 Å². The molecule has 0 aromatic carbocycles. The maximum Gasteiger partial charge on any atom is 0.254 e. The van der Waals surface area contributed by atoms with Crippen molar-refractivity contribution in [2.24, 2.45) is 5.92 Å². The normalized spacial score (nSPS) is 17.7. The second-order valence-electron chi connectivity index (χ2n) is 6.77. The standard InChI is InChI=1S/C16H25N3O3S/c1-16(2,3)12-8-13(20)19-9-11(10-23-15(19)18-12)14(21)17-6-5-7-22-4/h8,11H,5-7,9-10H2,1-4H3,(H,17,21). The number of ether oxygens (including phenoxy) is 1. The first-order valence-corrected chi connectivity index (χ1v) is 8.83. The van der Waals surface area contributed by atoms with Gasteiger partial charge < -0.3 is 10.1 Å². The Balaban J connectivity index is 2.07. The minimum Gasteiger partial charge on any atom is -0.385 e. The van der Waals surface area contributed by atoms with Crippen molar-refractivity contribution in [3.8, 4) is 0 Å². The summed E-state index contributed by atoms with van der Waals surface area (Å²) in [6, 6.07) is 1.59. The van der Waals surface area contributed by atoms with Crippen LogP contribution in [0.4, 0.5) is 0 Å². The number of hydrogen-bond acceptors (Lipinski definition) is 5. The number of carbonyl (C=O) groups is 1. The number of hydrogen-bond donors (Lipinski definition) is 1. The molecule has 2 heterocycles. The van der Waals surface area contributed by atoms with Gasteiger partial charge in [-0.05, 0) is 6.42 Å². The first kappa shape index (κ1) is 18.0. The molecule has 1 amide bonds. The van der Waals surface area contributed by atoms with Gasteiger partial charge in [-0.1, -0.05) is 32.5 Å². The van der Waals surface area contributed by atoms with Crippen LogP contribution in [0.1, 0.15) is 32.9 Å². The number of methoxy groups -OCH3 is 1. The van der Waals surface area contributed by atoms with Gasteiger partial charge in [-0.3, -0.25) is 14.2 Å². The van der Waals surface area contributed by atoms with E-state index in [2.05, 4.69) is 10.3 Å². The lowest BCUT2D eigenvalue weighted by atomic mass is 9.92. The molecule has 1 atom stereocenters. The summed E-state index contributed by atoms with van der Waals surface area (Å²) >= 11 is 1.48. The van der Waals surface area contributed by atoms with E-state index < -0.39 is 0 Å². The van der Waals surface area contributed by atoms with Crippen LogP contribution in [-0.4, -0.2) is 41.5 Å². The van der Waals surface area contributed by atoms with Gasteiger partial charge in [0.05, 0.1) is 11.6 Å². The van der Waals surface area contributed by atoms with Gasteiger partial charge in [0.1, 0.15) is 0 Å². The Kier molecular flexibility index (Phi) is 5.86. The first-order valence-electron chi connectivity index (χ1n) is 7.84. The highest BCUT2D eigenvalue weighted by atomic mass is 32.2. The Morgan fingerprint density at radius 2 is 2.26 bits per heavy atom. The summed E-state index contributed by atoms with van der Waals surface area (Å²) in [5.74, 6) is 0.442. The minimum atomic E-state index is -0.199. The molecule has 1 aromatic rings. The fourth-order valence-electron chi connectivity index (χ4n) is 2.33. The summed E-state index contributed by atoms with van der Waals surface area (Å²) in [5.41, 5.74) is 0.554. The van der Waals surface area contributed by atoms with Crippen molar-refractivity contribution in [3.05, 3.63) is 22.1 Å². The number of rotatable bonds is 5. The van der Waals surface area contributed by atoms with E-state index in [1.54, 1.807) is 17.7 Å². The summed E-state index contributed by atoms with van der Waals surface area (Å²) in [5, 5.41) is 3.62. The van der Waals surface area contributed by atoms with Crippen LogP contribution in [0.15, 0.2) is 16.0 Å². The molecule has 0 spiro atoms. The average Bonchev–Trinajstić information content (AvgIpc) is 2.50. The molecule has 1 aromatic heterocycles. The molecule has 1 unspecified atom stereocenters. The van der Waals surface area contributed by atoms with Crippen molar-refractivity contribution in [3.63, 3.8) is 0 Å².